The molecule has 0 radical (unpaired) electrons. The molecule has 0 aromatic heterocycles. The van der Waals surface area contributed by atoms with E-state index in [9.17, 15) is 4.79 Å². The lowest BCUT2D eigenvalue weighted by molar-refractivity contribution is -0.124. The van der Waals surface area contributed by atoms with Crippen LogP contribution in [0.5, 0.6) is 0 Å². The molecule has 1 rings (SSSR count). The third-order valence-corrected chi connectivity index (χ3v) is 1.67. The van der Waals surface area contributed by atoms with E-state index in [-0.39, 0.29) is 12.9 Å². The highest BCUT2D eigenvalue weighted by Gasteiger charge is 2.38. The number of aldehydes is 1. The lowest BCUT2D eigenvalue weighted by Crippen LogP contribution is -2.39. The molecule has 0 aromatic rings. The number of carbonyl (C=O) groups is 1. The minimum absolute atomic E-state index is 0.0449. The van der Waals surface area contributed by atoms with Crippen molar-refractivity contribution in [1.82, 2.24) is 0 Å². The second kappa shape index (κ2) is 6.20. The van der Waals surface area contributed by atoms with Crippen molar-refractivity contribution in [3.05, 3.63) is 0 Å². The van der Waals surface area contributed by atoms with Crippen LogP contribution in [0.25, 0.3) is 0 Å². The van der Waals surface area contributed by atoms with Gasteiger partial charge in [-0.3, -0.25) is 9.11 Å². The Balaban J connectivity index is 0.000000385. The Hall–Kier alpha value is -0.620. The van der Waals surface area contributed by atoms with Crippen LogP contribution < -0.4 is 0 Å². The molecule has 0 aliphatic carbocycles. The van der Waals surface area contributed by atoms with Crippen molar-refractivity contribution in [1.29, 1.82) is 0 Å². The van der Waals surface area contributed by atoms with Crippen molar-refractivity contribution in [2.75, 3.05) is 6.61 Å². The zero-order chi connectivity index (χ0) is 12.9. The molecule has 0 saturated carbocycles. The lowest BCUT2D eigenvalue weighted by atomic mass is 10.1. The number of rotatable bonds is 2. The first-order valence-corrected chi connectivity index (χ1v) is 5.37. The smallest absolute Gasteiger partial charge is 0.388 e. The molecule has 0 spiro atoms. The molecule has 10 heteroatoms. The van der Waals surface area contributed by atoms with E-state index in [1.807, 2.05) is 0 Å². The van der Waals surface area contributed by atoms with E-state index in [0.717, 1.165) is 0 Å². The Morgan fingerprint density at radius 2 is 1.75 bits per heavy atom. The monoisotopic (exact) mass is 260 g/mol. The first-order valence-electron chi connectivity index (χ1n) is 3.97. The van der Waals surface area contributed by atoms with E-state index >= 15 is 0 Å². The maximum absolute atomic E-state index is 10.0. The highest BCUT2D eigenvalue weighted by molar-refractivity contribution is 7.79. The topological polar surface area (TPSA) is 162 Å². The molecule has 0 bridgehead atoms. The van der Waals surface area contributed by atoms with Gasteiger partial charge in [0, 0.05) is 0 Å². The summed E-state index contributed by atoms with van der Waals surface area (Å²) in [6.45, 7) is -0.0449. The third kappa shape index (κ3) is 6.07. The quantitative estimate of drug-likeness (QED) is 0.257. The van der Waals surface area contributed by atoms with Crippen molar-refractivity contribution in [3.63, 3.8) is 0 Å². The molecule has 1 heterocycles. The fourth-order valence-electron chi connectivity index (χ4n) is 1.00. The summed E-state index contributed by atoms with van der Waals surface area (Å²) in [5, 5.41) is 26.9. The van der Waals surface area contributed by atoms with Crippen molar-refractivity contribution in [2.24, 2.45) is 0 Å². The van der Waals surface area contributed by atoms with Gasteiger partial charge in [-0.1, -0.05) is 0 Å². The molecule has 1 unspecified atom stereocenters. The minimum Gasteiger partial charge on any atom is -0.388 e. The summed E-state index contributed by atoms with van der Waals surface area (Å²) in [5.41, 5.74) is 0. The highest BCUT2D eigenvalue weighted by atomic mass is 32.3. The molecule has 0 amide bonds. The molecule has 1 aliphatic rings. The third-order valence-electron chi connectivity index (χ3n) is 1.67. The van der Waals surface area contributed by atoms with Crippen LogP contribution in [-0.2, 0) is 19.9 Å². The Morgan fingerprint density at radius 3 is 2.00 bits per heavy atom. The van der Waals surface area contributed by atoms with Gasteiger partial charge in [-0.25, -0.2) is 0 Å². The fraction of sp³-hybridized carbons (Fsp3) is 0.833. The summed E-state index contributed by atoms with van der Waals surface area (Å²) in [6.07, 6.45) is -4.25. The van der Waals surface area contributed by atoms with E-state index in [1.54, 1.807) is 0 Å². The second-order valence-corrected chi connectivity index (χ2v) is 3.83. The molecule has 1 fully saturated rings. The molecule has 0 aromatic carbocycles. The van der Waals surface area contributed by atoms with Gasteiger partial charge >= 0.3 is 10.4 Å². The summed E-state index contributed by atoms with van der Waals surface area (Å²) >= 11 is 0. The zero-order valence-electron chi connectivity index (χ0n) is 7.87. The predicted molar refractivity (Wildman–Crippen MR) is 48.0 cm³/mol. The van der Waals surface area contributed by atoms with E-state index in [1.165, 1.54) is 0 Å². The first-order chi connectivity index (χ1) is 7.16. The number of ether oxygens (including phenoxy) is 1. The second-order valence-electron chi connectivity index (χ2n) is 2.93. The Morgan fingerprint density at radius 1 is 1.31 bits per heavy atom. The van der Waals surface area contributed by atoms with E-state index in [4.69, 9.17) is 37.6 Å². The van der Waals surface area contributed by atoms with Gasteiger partial charge in [0.1, 0.15) is 24.4 Å². The van der Waals surface area contributed by atoms with Gasteiger partial charge in [-0.05, 0) is 0 Å². The van der Waals surface area contributed by atoms with E-state index in [2.05, 4.69) is 0 Å². The molecule has 4 atom stereocenters. The highest BCUT2D eigenvalue weighted by Crippen LogP contribution is 2.16. The van der Waals surface area contributed by atoms with Crippen LogP contribution in [0, 0.1) is 0 Å². The summed E-state index contributed by atoms with van der Waals surface area (Å²) < 4.78 is 36.3. The van der Waals surface area contributed by atoms with Crippen molar-refractivity contribution < 1.29 is 42.4 Å². The Bertz CT molecular complexity index is 304. The molecular weight excluding hydrogens is 248 g/mol. The van der Waals surface area contributed by atoms with Crippen LogP contribution in [0.4, 0.5) is 0 Å². The van der Waals surface area contributed by atoms with Crippen LogP contribution in [-0.4, -0.2) is 70.2 Å². The molecular formula is C6H12O9S. The van der Waals surface area contributed by atoms with Gasteiger partial charge in [0.25, 0.3) is 0 Å². The first kappa shape index (κ1) is 15.4. The van der Waals surface area contributed by atoms with Crippen LogP contribution >= 0.6 is 0 Å². The summed E-state index contributed by atoms with van der Waals surface area (Å²) in [6, 6.07) is 0. The van der Waals surface area contributed by atoms with Crippen LogP contribution in [0.2, 0.25) is 0 Å². The maximum Gasteiger partial charge on any atom is 0.394 e. The average Bonchev–Trinajstić information content (AvgIpc) is 2.44. The minimum atomic E-state index is -4.67. The van der Waals surface area contributed by atoms with Crippen molar-refractivity contribution in [3.8, 4) is 0 Å². The maximum atomic E-state index is 10.0. The number of hydrogen-bond donors (Lipinski definition) is 5. The number of hydrogen-bond acceptors (Lipinski definition) is 7. The van der Waals surface area contributed by atoms with Crippen LogP contribution in [0.1, 0.15) is 0 Å². The van der Waals surface area contributed by atoms with Gasteiger partial charge in [0.05, 0.1) is 6.61 Å². The number of aliphatic hydroxyl groups excluding tert-OH is 3. The molecule has 5 N–H and O–H groups in total. The average molecular weight is 260 g/mol. The molecule has 9 nitrogen and oxygen atoms in total. The van der Waals surface area contributed by atoms with Crippen LogP contribution in [0.3, 0.4) is 0 Å². The Kier molecular flexibility index (Phi) is 5.96. The molecule has 1 saturated heterocycles. The van der Waals surface area contributed by atoms with Crippen LogP contribution in [0.15, 0.2) is 0 Å². The zero-order valence-corrected chi connectivity index (χ0v) is 8.69. The SMILES string of the molecule is O=CC(O)[C@H]1OC[C@@H](O)[C@@H]1O.O=S(=O)(O)O. The van der Waals surface area contributed by atoms with E-state index < -0.39 is 34.8 Å². The summed E-state index contributed by atoms with van der Waals surface area (Å²) in [7, 11) is -4.67. The molecule has 96 valence electrons. The van der Waals surface area contributed by atoms with E-state index in [0.29, 0.717) is 0 Å². The van der Waals surface area contributed by atoms with Gasteiger partial charge in [-0.15, -0.1) is 0 Å². The Labute approximate surface area is 90.9 Å². The lowest BCUT2D eigenvalue weighted by Gasteiger charge is -2.15. The normalized spacial score (nSPS) is 31.4. The summed E-state index contributed by atoms with van der Waals surface area (Å²) in [4.78, 5) is 10.0. The number of aliphatic hydroxyl groups is 3. The summed E-state index contributed by atoms with van der Waals surface area (Å²) in [5.74, 6) is 0. The van der Waals surface area contributed by atoms with Crippen molar-refractivity contribution >= 4 is 16.7 Å². The standard InChI is InChI=1S/C6H10O5.H2O4S/c7-1-3(8)6-5(10)4(9)2-11-6;1-5(2,3)4/h1,3-6,8-10H,2H2;(H2,1,2,3,4)/t3?,4-,5+,6-;/m1./s1. The van der Waals surface area contributed by atoms with Gasteiger partial charge in [0.2, 0.25) is 0 Å². The molecule has 1 aliphatic heterocycles. The van der Waals surface area contributed by atoms with Gasteiger partial charge in [0.15, 0.2) is 6.29 Å². The predicted octanol–water partition coefficient (Wildman–Crippen LogP) is -2.99. The van der Waals surface area contributed by atoms with Crippen molar-refractivity contribution in [2.45, 2.75) is 24.4 Å². The molecule has 16 heavy (non-hydrogen) atoms. The fourth-order valence-corrected chi connectivity index (χ4v) is 1.00. The van der Waals surface area contributed by atoms with Gasteiger partial charge < -0.3 is 24.9 Å². The number of carbonyl (C=O) groups excluding carboxylic acids is 1. The largest absolute Gasteiger partial charge is 0.394 e. The van der Waals surface area contributed by atoms with Gasteiger partial charge in [-0.2, -0.15) is 8.42 Å².